The molecule has 184 valence electrons. The number of carbonyl (C=O) groups is 1. The van der Waals surface area contributed by atoms with E-state index in [0.29, 0.717) is 13.0 Å². The highest BCUT2D eigenvalue weighted by Gasteiger charge is 2.30. The van der Waals surface area contributed by atoms with Gasteiger partial charge in [0.25, 0.3) is 0 Å². The summed E-state index contributed by atoms with van der Waals surface area (Å²) < 4.78 is 6.05. The Morgan fingerprint density at radius 2 is 1.46 bits per heavy atom. The number of hydrogen-bond donors (Lipinski definition) is 0. The standard InChI is InChI=1S/C31H38N2O2/c1-31(2,3)22-30(34)33(27-17-19-32(20-18-27)23-25-11-6-4-7-12-25)24-26-13-10-16-29(21-26)35-28-14-8-5-9-15-28/h4-16,21,27H,17-20,22-24H2,1-3H3. The number of piperidine rings is 1. The highest BCUT2D eigenvalue weighted by Crippen LogP contribution is 2.28. The average molecular weight is 471 g/mol. The van der Waals surface area contributed by atoms with Crippen LogP contribution in [0.5, 0.6) is 11.5 Å². The first kappa shape index (κ1) is 25.0. The van der Waals surface area contributed by atoms with Crippen molar-refractivity contribution in [2.24, 2.45) is 5.41 Å². The Kier molecular flexibility index (Phi) is 8.25. The van der Waals surface area contributed by atoms with Crippen LogP contribution in [0, 0.1) is 5.41 Å². The van der Waals surface area contributed by atoms with E-state index in [0.717, 1.165) is 49.5 Å². The zero-order valence-corrected chi connectivity index (χ0v) is 21.3. The maximum absolute atomic E-state index is 13.5. The lowest BCUT2D eigenvalue weighted by Gasteiger charge is -2.39. The first-order chi connectivity index (χ1) is 16.9. The Morgan fingerprint density at radius 3 is 2.11 bits per heavy atom. The zero-order valence-electron chi connectivity index (χ0n) is 21.3. The fraction of sp³-hybridized carbons (Fsp3) is 0.387. The van der Waals surface area contributed by atoms with E-state index in [2.05, 4.69) is 73.0 Å². The van der Waals surface area contributed by atoms with Crippen LogP contribution < -0.4 is 4.74 Å². The van der Waals surface area contributed by atoms with Gasteiger partial charge in [-0.05, 0) is 53.6 Å². The quantitative estimate of drug-likeness (QED) is 0.359. The van der Waals surface area contributed by atoms with E-state index >= 15 is 0 Å². The molecule has 1 heterocycles. The predicted octanol–water partition coefficient (Wildman–Crippen LogP) is 6.91. The molecule has 1 amide bonds. The minimum atomic E-state index is -0.0401. The molecule has 1 saturated heterocycles. The first-order valence-electron chi connectivity index (χ1n) is 12.7. The van der Waals surface area contributed by atoms with Crippen LogP contribution >= 0.6 is 0 Å². The van der Waals surface area contributed by atoms with Gasteiger partial charge < -0.3 is 9.64 Å². The fourth-order valence-corrected chi connectivity index (χ4v) is 4.74. The highest BCUT2D eigenvalue weighted by atomic mass is 16.5. The van der Waals surface area contributed by atoms with E-state index in [-0.39, 0.29) is 17.4 Å². The van der Waals surface area contributed by atoms with Crippen molar-refractivity contribution in [2.45, 2.75) is 59.2 Å². The van der Waals surface area contributed by atoms with Crippen molar-refractivity contribution in [1.82, 2.24) is 9.80 Å². The monoisotopic (exact) mass is 470 g/mol. The molecule has 4 heteroatoms. The lowest BCUT2D eigenvalue weighted by atomic mass is 9.90. The van der Waals surface area contributed by atoms with Crippen molar-refractivity contribution < 1.29 is 9.53 Å². The van der Waals surface area contributed by atoms with Gasteiger partial charge in [-0.3, -0.25) is 9.69 Å². The number of likely N-dealkylation sites (tertiary alicyclic amines) is 1. The molecule has 1 aliphatic rings. The molecule has 0 aromatic heterocycles. The van der Waals surface area contributed by atoms with Crippen LogP contribution in [0.3, 0.4) is 0 Å². The fourth-order valence-electron chi connectivity index (χ4n) is 4.74. The Bertz CT molecular complexity index is 1070. The van der Waals surface area contributed by atoms with Gasteiger partial charge in [-0.15, -0.1) is 0 Å². The summed E-state index contributed by atoms with van der Waals surface area (Å²) in [7, 11) is 0. The molecule has 0 bridgehead atoms. The number of nitrogens with zero attached hydrogens (tertiary/aromatic N) is 2. The van der Waals surface area contributed by atoms with E-state index in [1.54, 1.807) is 0 Å². The van der Waals surface area contributed by atoms with Gasteiger partial charge in [-0.1, -0.05) is 81.4 Å². The van der Waals surface area contributed by atoms with Crippen LogP contribution in [-0.2, 0) is 17.9 Å². The first-order valence-corrected chi connectivity index (χ1v) is 12.7. The number of amides is 1. The van der Waals surface area contributed by atoms with Crippen LogP contribution in [-0.4, -0.2) is 34.8 Å². The van der Waals surface area contributed by atoms with Crippen molar-refractivity contribution in [3.63, 3.8) is 0 Å². The molecule has 0 spiro atoms. The van der Waals surface area contributed by atoms with E-state index < -0.39 is 0 Å². The van der Waals surface area contributed by atoms with E-state index in [4.69, 9.17) is 4.74 Å². The molecular formula is C31H38N2O2. The van der Waals surface area contributed by atoms with Crippen LogP contribution in [0.1, 0.15) is 51.2 Å². The minimum Gasteiger partial charge on any atom is -0.457 e. The Morgan fingerprint density at radius 1 is 0.857 bits per heavy atom. The largest absolute Gasteiger partial charge is 0.457 e. The third-order valence-corrected chi connectivity index (χ3v) is 6.48. The second kappa shape index (κ2) is 11.5. The molecular weight excluding hydrogens is 432 g/mol. The van der Waals surface area contributed by atoms with Gasteiger partial charge in [0.15, 0.2) is 0 Å². The Labute approximate surface area is 210 Å². The second-order valence-electron chi connectivity index (χ2n) is 10.8. The molecule has 0 aliphatic carbocycles. The normalized spacial score (nSPS) is 15.1. The smallest absolute Gasteiger partial charge is 0.223 e. The number of para-hydroxylation sites is 1. The Hall–Kier alpha value is -3.11. The molecule has 0 unspecified atom stereocenters. The topological polar surface area (TPSA) is 32.8 Å². The van der Waals surface area contributed by atoms with Crippen LogP contribution in [0.2, 0.25) is 0 Å². The lowest BCUT2D eigenvalue weighted by molar-refractivity contribution is -0.137. The third kappa shape index (κ3) is 7.69. The summed E-state index contributed by atoms with van der Waals surface area (Å²) in [5.41, 5.74) is 2.41. The van der Waals surface area contributed by atoms with Crippen molar-refractivity contribution in [2.75, 3.05) is 13.1 Å². The zero-order chi connectivity index (χ0) is 24.7. The highest BCUT2D eigenvalue weighted by molar-refractivity contribution is 5.77. The molecule has 0 N–H and O–H groups in total. The van der Waals surface area contributed by atoms with Crippen molar-refractivity contribution in [1.29, 1.82) is 0 Å². The third-order valence-electron chi connectivity index (χ3n) is 6.48. The molecule has 4 nitrogen and oxygen atoms in total. The van der Waals surface area contributed by atoms with Gasteiger partial charge in [-0.25, -0.2) is 0 Å². The van der Waals surface area contributed by atoms with Crippen LogP contribution in [0.25, 0.3) is 0 Å². The van der Waals surface area contributed by atoms with Gasteiger partial charge >= 0.3 is 0 Å². The molecule has 3 aromatic rings. The summed E-state index contributed by atoms with van der Waals surface area (Å²) in [5, 5.41) is 0. The molecule has 1 fully saturated rings. The van der Waals surface area contributed by atoms with Gasteiger partial charge in [0.2, 0.25) is 5.91 Å². The summed E-state index contributed by atoms with van der Waals surface area (Å²) in [6, 6.07) is 28.9. The van der Waals surface area contributed by atoms with Gasteiger partial charge in [-0.2, -0.15) is 0 Å². The molecule has 0 radical (unpaired) electrons. The molecule has 35 heavy (non-hydrogen) atoms. The predicted molar refractivity (Wildman–Crippen MR) is 142 cm³/mol. The molecule has 3 aromatic carbocycles. The summed E-state index contributed by atoms with van der Waals surface area (Å²) in [4.78, 5) is 18.1. The summed E-state index contributed by atoms with van der Waals surface area (Å²) >= 11 is 0. The van der Waals surface area contributed by atoms with Gasteiger partial charge in [0.1, 0.15) is 11.5 Å². The molecule has 0 atom stereocenters. The summed E-state index contributed by atoms with van der Waals surface area (Å²) in [6.07, 6.45) is 2.56. The Balaban J connectivity index is 1.44. The van der Waals surface area contributed by atoms with Crippen molar-refractivity contribution >= 4 is 5.91 Å². The second-order valence-corrected chi connectivity index (χ2v) is 10.8. The SMILES string of the molecule is CC(C)(C)CC(=O)N(Cc1cccc(Oc2ccccc2)c1)C1CCN(Cc2ccccc2)CC1. The van der Waals surface area contributed by atoms with E-state index in [9.17, 15) is 4.79 Å². The molecule has 4 rings (SSSR count). The van der Waals surface area contributed by atoms with Crippen LogP contribution in [0.4, 0.5) is 0 Å². The summed E-state index contributed by atoms with van der Waals surface area (Å²) in [6.45, 7) is 10.0. The van der Waals surface area contributed by atoms with E-state index in [1.165, 1.54) is 5.56 Å². The molecule has 1 aliphatic heterocycles. The number of rotatable bonds is 8. The maximum atomic E-state index is 13.5. The van der Waals surface area contributed by atoms with Crippen molar-refractivity contribution in [3.05, 3.63) is 96.1 Å². The number of hydrogen-bond acceptors (Lipinski definition) is 3. The van der Waals surface area contributed by atoms with E-state index in [1.807, 2.05) is 42.5 Å². The van der Waals surface area contributed by atoms with Crippen molar-refractivity contribution in [3.8, 4) is 11.5 Å². The number of ether oxygens (including phenoxy) is 1. The maximum Gasteiger partial charge on any atom is 0.223 e. The molecule has 0 saturated carbocycles. The van der Waals surface area contributed by atoms with Crippen LogP contribution in [0.15, 0.2) is 84.9 Å². The average Bonchev–Trinajstić information content (AvgIpc) is 2.84. The minimum absolute atomic E-state index is 0.0401. The lowest BCUT2D eigenvalue weighted by Crippen LogP contribution is -2.47. The van der Waals surface area contributed by atoms with Gasteiger partial charge in [0.05, 0.1) is 0 Å². The number of benzene rings is 3. The number of carbonyl (C=O) groups excluding carboxylic acids is 1. The summed E-state index contributed by atoms with van der Waals surface area (Å²) in [5.74, 6) is 1.86. The van der Waals surface area contributed by atoms with Gasteiger partial charge in [0, 0.05) is 38.6 Å².